The molecule has 0 bridgehead atoms. The van der Waals surface area contributed by atoms with Gasteiger partial charge in [-0.15, -0.1) is 0 Å². The van der Waals surface area contributed by atoms with Crippen LogP contribution in [0.25, 0.3) is 0 Å². The van der Waals surface area contributed by atoms with Crippen LogP contribution in [-0.2, 0) is 4.79 Å². The second-order valence-corrected chi connectivity index (χ2v) is 5.91. The van der Waals surface area contributed by atoms with Gasteiger partial charge in [-0.1, -0.05) is 18.2 Å². The number of para-hydroxylation sites is 1. The first-order valence-electron chi connectivity index (χ1n) is 7.83. The standard InChI is InChI=1S/C18H20FN3O4/c1-11-6-5-7-12(2)17(11)20-16(23)10-21(3)15-9-13(26-4)8-14(19)18(15)22(24)25/h5-9H,10H2,1-4H3,(H,20,23). The van der Waals surface area contributed by atoms with Crippen LogP contribution in [0.4, 0.5) is 21.5 Å². The Morgan fingerprint density at radius 1 is 1.31 bits per heavy atom. The van der Waals surface area contributed by atoms with Gasteiger partial charge < -0.3 is 15.0 Å². The number of likely N-dealkylation sites (N-methyl/N-ethyl adjacent to an activating group) is 1. The zero-order valence-electron chi connectivity index (χ0n) is 15.0. The summed E-state index contributed by atoms with van der Waals surface area (Å²) >= 11 is 0. The lowest BCUT2D eigenvalue weighted by Gasteiger charge is -2.20. The summed E-state index contributed by atoms with van der Waals surface area (Å²) in [5.41, 5.74) is 1.76. The van der Waals surface area contributed by atoms with Gasteiger partial charge in [-0.3, -0.25) is 14.9 Å². The largest absolute Gasteiger partial charge is 0.497 e. The Hall–Kier alpha value is -3.16. The summed E-state index contributed by atoms with van der Waals surface area (Å²) in [6.45, 7) is 3.55. The van der Waals surface area contributed by atoms with Crippen LogP contribution in [0.1, 0.15) is 11.1 Å². The van der Waals surface area contributed by atoms with E-state index in [9.17, 15) is 19.3 Å². The maximum Gasteiger partial charge on any atom is 0.328 e. The number of amides is 1. The molecule has 0 aromatic heterocycles. The maximum atomic E-state index is 14.0. The van der Waals surface area contributed by atoms with E-state index >= 15 is 0 Å². The lowest BCUT2D eigenvalue weighted by atomic mass is 10.1. The number of rotatable bonds is 6. The number of methoxy groups -OCH3 is 1. The van der Waals surface area contributed by atoms with Gasteiger partial charge in [0.15, 0.2) is 0 Å². The summed E-state index contributed by atoms with van der Waals surface area (Å²) in [4.78, 5) is 24.1. The van der Waals surface area contributed by atoms with Crippen molar-refractivity contribution in [1.29, 1.82) is 0 Å². The molecule has 0 fully saturated rings. The highest BCUT2D eigenvalue weighted by molar-refractivity contribution is 5.95. The lowest BCUT2D eigenvalue weighted by Crippen LogP contribution is -2.31. The fourth-order valence-electron chi connectivity index (χ4n) is 2.64. The van der Waals surface area contributed by atoms with E-state index in [1.807, 2.05) is 32.0 Å². The zero-order valence-corrected chi connectivity index (χ0v) is 15.0. The first-order valence-corrected chi connectivity index (χ1v) is 7.83. The van der Waals surface area contributed by atoms with E-state index in [0.717, 1.165) is 17.2 Å². The van der Waals surface area contributed by atoms with Crippen LogP contribution in [0.3, 0.4) is 0 Å². The van der Waals surface area contributed by atoms with Crippen LogP contribution in [0.15, 0.2) is 30.3 Å². The van der Waals surface area contributed by atoms with E-state index in [1.165, 1.54) is 25.1 Å². The minimum atomic E-state index is -1.02. The first kappa shape index (κ1) is 19.2. The molecule has 7 nitrogen and oxygen atoms in total. The number of nitro benzene ring substituents is 1. The van der Waals surface area contributed by atoms with Gasteiger partial charge in [-0.05, 0) is 25.0 Å². The molecule has 0 heterocycles. The van der Waals surface area contributed by atoms with Gasteiger partial charge in [0.25, 0.3) is 0 Å². The molecule has 8 heteroatoms. The number of nitrogens with one attached hydrogen (secondary N) is 1. The highest BCUT2D eigenvalue weighted by Gasteiger charge is 2.25. The van der Waals surface area contributed by atoms with E-state index in [2.05, 4.69) is 5.32 Å². The van der Waals surface area contributed by atoms with Crippen molar-refractivity contribution in [3.8, 4) is 5.75 Å². The van der Waals surface area contributed by atoms with E-state index in [1.54, 1.807) is 0 Å². The average Bonchev–Trinajstić information content (AvgIpc) is 2.57. The summed E-state index contributed by atoms with van der Waals surface area (Å²) in [7, 11) is 2.81. The van der Waals surface area contributed by atoms with Crippen LogP contribution in [0, 0.1) is 29.8 Å². The Kier molecular flexibility index (Phi) is 5.76. The average molecular weight is 361 g/mol. The number of ether oxygens (including phenoxy) is 1. The minimum Gasteiger partial charge on any atom is -0.497 e. The fraction of sp³-hybridized carbons (Fsp3) is 0.278. The van der Waals surface area contributed by atoms with Gasteiger partial charge in [-0.2, -0.15) is 4.39 Å². The van der Waals surface area contributed by atoms with Gasteiger partial charge >= 0.3 is 5.69 Å². The van der Waals surface area contributed by atoms with Crippen LogP contribution in [0.5, 0.6) is 5.75 Å². The van der Waals surface area contributed by atoms with Crippen molar-refractivity contribution in [3.05, 3.63) is 57.4 Å². The molecule has 26 heavy (non-hydrogen) atoms. The monoisotopic (exact) mass is 361 g/mol. The van der Waals surface area contributed by atoms with E-state index in [-0.39, 0.29) is 23.9 Å². The smallest absolute Gasteiger partial charge is 0.328 e. The Bertz CT molecular complexity index is 834. The Morgan fingerprint density at radius 3 is 2.46 bits per heavy atom. The molecule has 0 aliphatic carbocycles. The molecule has 0 atom stereocenters. The van der Waals surface area contributed by atoms with Crippen molar-refractivity contribution in [2.45, 2.75) is 13.8 Å². The number of carbonyl (C=O) groups is 1. The molecule has 0 radical (unpaired) electrons. The summed E-state index contributed by atoms with van der Waals surface area (Å²) in [6.07, 6.45) is 0. The third-order valence-corrected chi connectivity index (χ3v) is 3.97. The molecule has 0 saturated carbocycles. The predicted octanol–water partition coefficient (Wildman–Crippen LogP) is 3.43. The first-order chi connectivity index (χ1) is 12.2. The third kappa shape index (κ3) is 4.08. The normalized spacial score (nSPS) is 10.3. The highest BCUT2D eigenvalue weighted by Crippen LogP contribution is 2.34. The van der Waals surface area contributed by atoms with Crippen molar-refractivity contribution in [1.82, 2.24) is 0 Å². The molecule has 0 unspecified atom stereocenters. The summed E-state index contributed by atoms with van der Waals surface area (Å²) < 4.78 is 19.0. The number of halogens is 1. The second kappa shape index (κ2) is 7.81. The highest BCUT2D eigenvalue weighted by atomic mass is 19.1. The number of anilines is 2. The van der Waals surface area contributed by atoms with E-state index in [4.69, 9.17) is 4.74 Å². The molecule has 2 aromatic rings. The minimum absolute atomic E-state index is 0.0384. The Morgan fingerprint density at radius 2 is 1.92 bits per heavy atom. The molecule has 2 rings (SSSR count). The number of benzene rings is 2. The molecule has 2 aromatic carbocycles. The summed E-state index contributed by atoms with van der Waals surface area (Å²) in [5, 5.41) is 14.0. The number of nitrogens with zero attached hydrogens (tertiary/aromatic N) is 2. The van der Waals surface area contributed by atoms with Crippen LogP contribution in [0.2, 0.25) is 0 Å². The summed E-state index contributed by atoms with van der Waals surface area (Å²) in [5.74, 6) is -1.26. The van der Waals surface area contributed by atoms with Crippen LogP contribution >= 0.6 is 0 Å². The maximum absolute atomic E-state index is 14.0. The van der Waals surface area contributed by atoms with E-state index < -0.39 is 16.4 Å². The van der Waals surface area contributed by atoms with Crippen LogP contribution in [-0.4, -0.2) is 31.5 Å². The fourth-order valence-corrected chi connectivity index (χ4v) is 2.64. The second-order valence-electron chi connectivity index (χ2n) is 5.91. The molecule has 0 spiro atoms. The topological polar surface area (TPSA) is 84.7 Å². The van der Waals surface area contributed by atoms with Crippen molar-refractivity contribution in [2.24, 2.45) is 0 Å². The molecular weight excluding hydrogens is 341 g/mol. The Labute approximate surface area is 150 Å². The predicted molar refractivity (Wildman–Crippen MR) is 97.4 cm³/mol. The van der Waals surface area contributed by atoms with Gasteiger partial charge in [0.2, 0.25) is 11.7 Å². The van der Waals surface area contributed by atoms with Gasteiger partial charge in [-0.25, -0.2) is 0 Å². The number of aryl methyl sites for hydroxylation is 2. The number of hydrogen-bond donors (Lipinski definition) is 1. The molecule has 138 valence electrons. The van der Waals surface area contributed by atoms with Gasteiger partial charge in [0.1, 0.15) is 11.4 Å². The number of nitro groups is 1. The molecule has 0 aliphatic heterocycles. The zero-order chi connectivity index (χ0) is 19.4. The van der Waals surface area contributed by atoms with Gasteiger partial charge in [0.05, 0.1) is 18.6 Å². The van der Waals surface area contributed by atoms with Gasteiger partial charge in [0, 0.05) is 24.9 Å². The Balaban J connectivity index is 2.26. The SMILES string of the molecule is COc1cc(F)c([N+](=O)[O-])c(N(C)CC(=O)Nc2c(C)cccc2C)c1. The van der Waals surface area contributed by atoms with Crippen LogP contribution < -0.4 is 15.0 Å². The lowest BCUT2D eigenvalue weighted by molar-refractivity contribution is -0.386. The molecular formula is C18H20FN3O4. The third-order valence-electron chi connectivity index (χ3n) is 3.97. The van der Waals surface area contributed by atoms with Crippen molar-refractivity contribution >= 4 is 23.0 Å². The number of hydrogen-bond acceptors (Lipinski definition) is 5. The van der Waals surface area contributed by atoms with Crippen molar-refractivity contribution in [2.75, 3.05) is 30.9 Å². The molecule has 0 aliphatic rings. The quantitative estimate of drug-likeness (QED) is 0.629. The molecule has 0 saturated heterocycles. The summed E-state index contributed by atoms with van der Waals surface area (Å²) in [6, 6.07) is 7.89. The molecule has 1 amide bonds. The van der Waals surface area contributed by atoms with Crippen molar-refractivity contribution < 1.29 is 18.8 Å². The van der Waals surface area contributed by atoms with Crippen molar-refractivity contribution in [3.63, 3.8) is 0 Å². The number of carbonyl (C=O) groups excluding carboxylic acids is 1. The van der Waals surface area contributed by atoms with E-state index in [0.29, 0.717) is 5.69 Å². The molecule has 1 N–H and O–H groups in total.